The van der Waals surface area contributed by atoms with Crippen molar-refractivity contribution in [3.63, 3.8) is 0 Å². The number of Topliss-reactive ketones (excluding diaryl/α,β-unsaturated/α-hetero) is 1. The third-order valence-electron chi connectivity index (χ3n) is 4.11. The largest absolute Gasteiger partial charge is 0.300 e. The molecule has 0 unspecified atom stereocenters. The maximum absolute atomic E-state index is 11.3. The summed E-state index contributed by atoms with van der Waals surface area (Å²) in [7, 11) is 0. The Hall–Kier alpha value is -0.330. The van der Waals surface area contributed by atoms with Crippen LogP contribution in [0.15, 0.2) is 0 Å². The number of carbonyl (C=O) groups excluding carboxylic acids is 1. The van der Waals surface area contributed by atoms with Crippen LogP contribution in [0.1, 0.15) is 51.9 Å². The Morgan fingerprint density at radius 3 is 2.85 bits per heavy atom. The molecule has 2 saturated carbocycles. The first-order valence-corrected chi connectivity index (χ1v) is 5.81. The Morgan fingerprint density at radius 2 is 2.08 bits per heavy atom. The molecule has 0 spiro atoms. The topological polar surface area (TPSA) is 17.1 Å². The van der Waals surface area contributed by atoms with Crippen molar-refractivity contribution in [2.45, 2.75) is 51.9 Å². The molecule has 0 aromatic heterocycles. The first-order chi connectivity index (χ1) is 6.29. The lowest BCUT2D eigenvalue weighted by Gasteiger charge is -2.38. The van der Waals surface area contributed by atoms with Gasteiger partial charge in [-0.2, -0.15) is 0 Å². The van der Waals surface area contributed by atoms with Crippen LogP contribution in [0.4, 0.5) is 0 Å². The molecule has 0 aliphatic heterocycles. The second-order valence-electron chi connectivity index (χ2n) is 4.89. The van der Waals surface area contributed by atoms with Crippen molar-refractivity contribution >= 4 is 5.78 Å². The van der Waals surface area contributed by atoms with Gasteiger partial charge in [0.25, 0.3) is 0 Å². The fourth-order valence-corrected chi connectivity index (χ4v) is 3.16. The molecule has 0 bridgehead atoms. The van der Waals surface area contributed by atoms with E-state index in [4.69, 9.17) is 0 Å². The standard InChI is InChI=1S/C12H20O/c1-2-9-3-4-11-8-12(13)6-5-10(11)7-9/h9-11H,2-8H2,1H3/t9-,10-,11-/m1/s1. The molecule has 0 aromatic rings. The monoisotopic (exact) mass is 180 g/mol. The van der Waals surface area contributed by atoms with Gasteiger partial charge in [0.2, 0.25) is 0 Å². The lowest BCUT2D eigenvalue weighted by molar-refractivity contribution is -0.123. The van der Waals surface area contributed by atoms with Crippen molar-refractivity contribution in [3.05, 3.63) is 0 Å². The number of carbonyl (C=O) groups is 1. The minimum Gasteiger partial charge on any atom is -0.300 e. The van der Waals surface area contributed by atoms with Crippen LogP contribution in [0.2, 0.25) is 0 Å². The molecule has 0 aromatic carbocycles. The third kappa shape index (κ3) is 1.95. The smallest absolute Gasteiger partial charge is 0.133 e. The minimum atomic E-state index is 0.524. The molecule has 0 N–H and O–H groups in total. The van der Waals surface area contributed by atoms with E-state index in [0.717, 1.165) is 30.6 Å². The lowest BCUT2D eigenvalue weighted by Crippen LogP contribution is -2.30. The first-order valence-electron chi connectivity index (χ1n) is 5.81. The van der Waals surface area contributed by atoms with E-state index >= 15 is 0 Å². The van der Waals surface area contributed by atoms with E-state index in [1.165, 1.54) is 32.1 Å². The van der Waals surface area contributed by atoms with Gasteiger partial charge in [0.15, 0.2) is 0 Å². The average Bonchev–Trinajstić information content (AvgIpc) is 2.17. The van der Waals surface area contributed by atoms with E-state index in [1.807, 2.05) is 0 Å². The van der Waals surface area contributed by atoms with Gasteiger partial charge in [0, 0.05) is 12.8 Å². The molecule has 2 aliphatic carbocycles. The predicted molar refractivity (Wildman–Crippen MR) is 53.5 cm³/mol. The van der Waals surface area contributed by atoms with Crippen LogP contribution >= 0.6 is 0 Å². The average molecular weight is 180 g/mol. The molecule has 3 atom stereocenters. The minimum absolute atomic E-state index is 0.524. The number of rotatable bonds is 1. The summed E-state index contributed by atoms with van der Waals surface area (Å²) < 4.78 is 0. The molecule has 0 radical (unpaired) electrons. The Balaban J connectivity index is 1.94. The predicted octanol–water partition coefficient (Wildman–Crippen LogP) is 3.18. The Morgan fingerprint density at radius 1 is 1.23 bits per heavy atom. The molecule has 2 rings (SSSR count). The van der Waals surface area contributed by atoms with E-state index < -0.39 is 0 Å². The van der Waals surface area contributed by atoms with E-state index in [9.17, 15) is 4.79 Å². The summed E-state index contributed by atoms with van der Waals surface area (Å²) >= 11 is 0. The van der Waals surface area contributed by atoms with Crippen LogP contribution in [-0.4, -0.2) is 5.78 Å². The van der Waals surface area contributed by atoms with Gasteiger partial charge in [-0.15, -0.1) is 0 Å². The number of fused-ring (bicyclic) bond motifs is 1. The first kappa shape index (κ1) is 9.23. The molecule has 13 heavy (non-hydrogen) atoms. The second-order valence-corrected chi connectivity index (χ2v) is 4.89. The maximum Gasteiger partial charge on any atom is 0.133 e. The van der Waals surface area contributed by atoms with Crippen LogP contribution in [0, 0.1) is 17.8 Å². The van der Waals surface area contributed by atoms with Crippen molar-refractivity contribution < 1.29 is 4.79 Å². The summed E-state index contributed by atoms with van der Waals surface area (Å²) in [5.41, 5.74) is 0. The quantitative estimate of drug-likeness (QED) is 0.605. The molecule has 2 fully saturated rings. The summed E-state index contributed by atoms with van der Waals surface area (Å²) in [6, 6.07) is 0. The van der Waals surface area contributed by atoms with Crippen LogP contribution in [0.25, 0.3) is 0 Å². The maximum atomic E-state index is 11.3. The number of ketones is 1. The summed E-state index contributed by atoms with van der Waals surface area (Å²) in [5, 5.41) is 0. The number of hydrogen-bond donors (Lipinski definition) is 0. The van der Waals surface area contributed by atoms with Gasteiger partial charge in [0.1, 0.15) is 5.78 Å². The van der Waals surface area contributed by atoms with Gasteiger partial charge in [-0.05, 0) is 37.0 Å². The number of hydrogen-bond acceptors (Lipinski definition) is 1. The van der Waals surface area contributed by atoms with Gasteiger partial charge in [-0.25, -0.2) is 0 Å². The van der Waals surface area contributed by atoms with Crippen molar-refractivity contribution in [1.29, 1.82) is 0 Å². The molecule has 0 amide bonds. The summed E-state index contributed by atoms with van der Waals surface area (Å²) in [6.07, 6.45) is 8.43. The zero-order valence-electron chi connectivity index (χ0n) is 8.59. The fourth-order valence-electron chi connectivity index (χ4n) is 3.16. The lowest BCUT2D eigenvalue weighted by atomic mass is 9.67. The molecule has 0 saturated heterocycles. The van der Waals surface area contributed by atoms with Gasteiger partial charge >= 0.3 is 0 Å². The summed E-state index contributed by atoms with van der Waals surface area (Å²) in [5.74, 6) is 3.16. The summed E-state index contributed by atoms with van der Waals surface area (Å²) in [4.78, 5) is 11.3. The van der Waals surface area contributed by atoms with Gasteiger partial charge in [-0.1, -0.05) is 19.8 Å². The van der Waals surface area contributed by atoms with Crippen LogP contribution < -0.4 is 0 Å². The fraction of sp³-hybridized carbons (Fsp3) is 0.917. The Labute approximate surface area is 80.9 Å². The molecule has 2 aliphatic rings. The van der Waals surface area contributed by atoms with Crippen molar-refractivity contribution in [3.8, 4) is 0 Å². The van der Waals surface area contributed by atoms with E-state index in [2.05, 4.69) is 6.92 Å². The normalized spacial score (nSPS) is 40.1. The summed E-state index contributed by atoms with van der Waals surface area (Å²) in [6.45, 7) is 2.30. The molecule has 1 heteroatoms. The van der Waals surface area contributed by atoms with Gasteiger partial charge in [-0.3, -0.25) is 4.79 Å². The van der Waals surface area contributed by atoms with Crippen molar-refractivity contribution in [2.75, 3.05) is 0 Å². The highest BCUT2D eigenvalue weighted by Crippen LogP contribution is 2.42. The zero-order chi connectivity index (χ0) is 9.26. The van der Waals surface area contributed by atoms with Crippen LogP contribution in [0.3, 0.4) is 0 Å². The van der Waals surface area contributed by atoms with Crippen molar-refractivity contribution in [1.82, 2.24) is 0 Å². The van der Waals surface area contributed by atoms with Crippen molar-refractivity contribution in [2.24, 2.45) is 17.8 Å². The van der Waals surface area contributed by atoms with E-state index in [1.54, 1.807) is 0 Å². The van der Waals surface area contributed by atoms with Gasteiger partial charge in [0.05, 0.1) is 0 Å². The highest BCUT2D eigenvalue weighted by molar-refractivity contribution is 5.79. The Bertz CT molecular complexity index is 197. The van der Waals surface area contributed by atoms with Gasteiger partial charge < -0.3 is 0 Å². The molecule has 74 valence electrons. The molecule has 0 heterocycles. The SMILES string of the molecule is CC[C@@H]1CC[C@@H]2CC(=O)CC[C@@H]2C1. The molecule has 1 nitrogen and oxygen atoms in total. The molecular weight excluding hydrogens is 160 g/mol. The van der Waals surface area contributed by atoms with Crippen LogP contribution in [0.5, 0.6) is 0 Å². The highest BCUT2D eigenvalue weighted by Gasteiger charge is 2.34. The van der Waals surface area contributed by atoms with E-state index in [0.29, 0.717) is 5.78 Å². The highest BCUT2D eigenvalue weighted by atomic mass is 16.1. The Kier molecular flexibility index (Phi) is 2.71. The van der Waals surface area contributed by atoms with E-state index in [-0.39, 0.29) is 0 Å². The zero-order valence-corrected chi connectivity index (χ0v) is 8.59. The third-order valence-corrected chi connectivity index (χ3v) is 4.11. The second kappa shape index (κ2) is 3.81. The van der Waals surface area contributed by atoms with Crippen LogP contribution in [-0.2, 0) is 4.79 Å². The molecular formula is C12H20O.